The van der Waals surface area contributed by atoms with Crippen LogP contribution in [0.4, 0.5) is 17.1 Å². The highest BCUT2D eigenvalue weighted by atomic mass is 16.3. The Bertz CT molecular complexity index is 1800. The number of rotatable bonds is 5. The molecule has 7 aromatic rings. The van der Waals surface area contributed by atoms with Crippen LogP contribution in [-0.4, -0.2) is 0 Å². The first kappa shape index (κ1) is 22.1. The van der Waals surface area contributed by atoms with Gasteiger partial charge in [0.15, 0.2) is 0 Å². The normalized spacial score (nSPS) is 11.2. The zero-order valence-electron chi connectivity index (χ0n) is 20.8. The van der Waals surface area contributed by atoms with Gasteiger partial charge in [0.25, 0.3) is 0 Å². The molecular weight excluding hydrogens is 462 g/mol. The van der Waals surface area contributed by atoms with Gasteiger partial charge in [-0.2, -0.15) is 0 Å². The Hall–Kier alpha value is -5.08. The van der Waals surface area contributed by atoms with E-state index >= 15 is 0 Å². The quantitative estimate of drug-likeness (QED) is 0.240. The maximum absolute atomic E-state index is 6.61. The van der Waals surface area contributed by atoms with E-state index in [0.717, 1.165) is 44.6 Å². The molecule has 2 heteroatoms. The van der Waals surface area contributed by atoms with E-state index in [-0.39, 0.29) is 0 Å². The van der Waals surface area contributed by atoms with Crippen molar-refractivity contribution in [2.75, 3.05) is 4.90 Å². The molecule has 1 aromatic heterocycles. The average molecular weight is 488 g/mol. The van der Waals surface area contributed by atoms with Gasteiger partial charge in [0, 0.05) is 33.9 Å². The predicted octanol–water partition coefficient (Wildman–Crippen LogP) is 10.4. The summed E-state index contributed by atoms with van der Waals surface area (Å²) in [4.78, 5) is 2.26. The fourth-order valence-electron chi connectivity index (χ4n) is 5.28. The van der Waals surface area contributed by atoms with Crippen molar-refractivity contribution in [1.82, 2.24) is 0 Å². The van der Waals surface area contributed by atoms with Gasteiger partial charge in [-0.1, -0.05) is 97.1 Å². The minimum Gasteiger partial charge on any atom is -0.456 e. The van der Waals surface area contributed by atoms with Crippen LogP contribution in [0.15, 0.2) is 156 Å². The summed E-state index contributed by atoms with van der Waals surface area (Å²) in [6, 6.07) is 53.0. The van der Waals surface area contributed by atoms with Crippen molar-refractivity contribution in [2.24, 2.45) is 0 Å². The number of hydrogen-bond acceptors (Lipinski definition) is 2. The smallest absolute Gasteiger partial charge is 0.137 e. The highest BCUT2D eigenvalue weighted by Gasteiger charge is 2.18. The van der Waals surface area contributed by atoms with Crippen molar-refractivity contribution >= 4 is 39.0 Å². The Labute approximate surface area is 222 Å². The van der Waals surface area contributed by atoms with E-state index in [4.69, 9.17) is 4.42 Å². The van der Waals surface area contributed by atoms with Crippen molar-refractivity contribution < 1.29 is 4.42 Å². The standard InChI is InChI=1S/C36H25NO/c1-5-13-26(14-6-1)28-23-33(27-15-7-2-8-16-27)36-32-22-21-31(25-34(32)38-35(36)24-28)37(29-17-9-3-10-18-29)30-19-11-4-12-20-30/h1-25H. The van der Waals surface area contributed by atoms with Crippen LogP contribution in [0.1, 0.15) is 0 Å². The highest BCUT2D eigenvalue weighted by Crippen LogP contribution is 2.42. The third-order valence-electron chi connectivity index (χ3n) is 7.04. The fourth-order valence-corrected chi connectivity index (χ4v) is 5.28. The van der Waals surface area contributed by atoms with E-state index in [0.29, 0.717) is 0 Å². The molecule has 1 heterocycles. The van der Waals surface area contributed by atoms with Gasteiger partial charge in [0.05, 0.1) is 0 Å². The first-order chi connectivity index (χ1) is 18.8. The molecule has 180 valence electrons. The third-order valence-corrected chi connectivity index (χ3v) is 7.04. The average Bonchev–Trinajstić information content (AvgIpc) is 3.37. The van der Waals surface area contributed by atoms with Gasteiger partial charge >= 0.3 is 0 Å². The largest absolute Gasteiger partial charge is 0.456 e. The first-order valence-corrected chi connectivity index (χ1v) is 12.9. The number of furan rings is 1. The van der Waals surface area contributed by atoms with Crippen LogP contribution >= 0.6 is 0 Å². The molecule has 0 radical (unpaired) electrons. The van der Waals surface area contributed by atoms with Gasteiger partial charge in [0.1, 0.15) is 11.2 Å². The molecule has 0 bridgehead atoms. The Kier molecular flexibility index (Phi) is 5.49. The molecule has 6 aromatic carbocycles. The molecule has 0 N–H and O–H groups in total. The van der Waals surface area contributed by atoms with Crippen molar-refractivity contribution in [2.45, 2.75) is 0 Å². The molecule has 0 fully saturated rings. The SMILES string of the molecule is c1ccc(-c2cc(-c3ccccc3)c3c(c2)oc2cc(N(c4ccccc4)c4ccccc4)ccc23)cc1. The zero-order valence-corrected chi connectivity index (χ0v) is 20.8. The topological polar surface area (TPSA) is 16.4 Å². The minimum atomic E-state index is 0.872. The number of benzene rings is 6. The van der Waals surface area contributed by atoms with E-state index in [9.17, 15) is 0 Å². The monoisotopic (exact) mass is 487 g/mol. The molecule has 0 unspecified atom stereocenters. The van der Waals surface area contributed by atoms with Crippen LogP contribution in [0.25, 0.3) is 44.2 Å². The van der Waals surface area contributed by atoms with Crippen molar-refractivity contribution in [3.05, 3.63) is 152 Å². The summed E-state index contributed by atoms with van der Waals surface area (Å²) < 4.78 is 6.61. The molecule has 2 nitrogen and oxygen atoms in total. The molecule has 0 saturated heterocycles. The number of para-hydroxylation sites is 2. The van der Waals surface area contributed by atoms with Gasteiger partial charge in [-0.05, 0) is 70.8 Å². The predicted molar refractivity (Wildman–Crippen MR) is 159 cm³/mol. The highest BCUT2D eigenvalue weighted by molar-refractivity contribution is 6.14. The number of fused-ring (bicyclic) bond motifs is 3. The lowest BCUT2D eigenvalue weighted by Gasteiger charge is -2.25. The molecular formula is C36H25NO. The van der Waals surface area contributed by atoms with Crippen LogP contribution in [0, 0.1) is 0 Å². The van der Waals surface area contributed by atoms with E-state index in [1.54, 1.807) is 0 Å². The first-order valence-electron chi connectivity index (χ1n) is 12.9. The molecule has 38 heavy (non-hydrogen) atoms. The van der Waals surface area contributed by atoms with Gasteiger partial charge in [-0.15, -0.1) is 0 Å². The summed E-state index contributed by atoms with van der Waals surface area (Å²) in [6.07, 6.45) is 0. The molecule has 0 spiro atoms. The van der Waals surface area contributed by atoms with Crippen LogP contribution in [0.5, 0.6) is 0 Å². The van der Waals surface area contributed by atoms with E-state index in [1.165, 1.54) is 16.7 Å². The number of hydrogen-bond donors (Lipinski definition) is 0. The maximum atomic E-state index is 6.61. The second-order valence-corrected chi connectivity index (χ2v) is 9.42. The van der Waals surface area contributed by atoms with Gasteiger partial charge < -0.3 is 9.32 Å². The Morgan fingerprint density at radius 1 is 0.395 bits per heavy atom. The van der Waals surface area contributed by atoms with Crippen molar-refractivity contribution in [3.8, 4) is 22.3 Å². The summed E-state index contributed by atoms with van der Waals surface area (Å²) in [7, 11) is 0. The van der Waals surface area contributed by atoms with Crippen LogP contribution < -0.4 is 4.90 Å². The van der Waals surface area contributed by atoms with Crippen LogP contribution in [-0.2, 0) is 0 Å². The number of nitrogens with zero attached hydrogens (tertiary/aromatic N) is 1. The van der Waals surface area contributed by atoms with Crippen LogP contribution in [0.3, 0.4) is 0 Å². The zero-order chi connectivity index (χ0) is 25.3. The summed E-state index contributed by atoms with van der Waals surface area (Å²) in [5.41, 5.74) is 9.70. The Morgan fingerprint density at radius 2 is 0.947 bits per heavy atom. The molecule has 0 atom stereocenters. The lowest BCUT2D eigenvalue weighted by atomic mass is 9.94. The van der Waals surface area contributed by atoms with Gasteiger partial charge in [0.2, 0.25) is 0 Å². The van der Waals surface area contributed by atoms with Crippen molar-refractivity contribution in [1.29, 1.82) is 0 Å². The van der Waals surface area contributed by atoms with E-state index in [2.05, 4.69) is 138 Å². The van der Waals surface area contributed by atoms with E-state index < -0.39 is 0 Å². The molecule has 0 aliphatic heterocycles. The molecule has 7 rings (SSSR count). The molecule has 0 amide bonds. The van der Waals surface area contributed by atoms with Gasteiger partial charge in [-0.25, -0.2) is 0 Å². The Morgan fingerprint density at radius 3 is 1.55 bits per heavy atom. The summed E-state index contributed by atoms with van der Waals surface area (Å²) in [6.45, 7) is 0. The summed E-state index contributed by atoms with van der Waals surface area (Å²) >= 11 is 0. The summed E-state index contributed by atoms with van der Waals surface area (Å²) in [5.74, 6) is 0. The van der Waals surface area contributed by atoms with E-state index in [1.807, 2.05) is 18.2 Å². The van der Waals surface area contributed by atoms with Crippen molar-refractivity contribution in [3.63, 3.8) is 0 Å². The second-order valence-electron chi connectivity index (χ2n) is 9.42. The minimum absolute atomic E-state index is 0.872. The lowest BCUT2D eigenvalue weighted by Crippen LogP contribution is -2.09. The molecule has 0 aliphatic rings. The number of anilines is 3. The van der Waals surface area contributed by atoms with Crippen LogP contribution in [0.2, 0.25) is 0 Å². The summed E-state index contributed by atoms with van der Waals surface area (Å²) in [5, 5.41) is 2.26. The maximum Gasteiger partial charge on any atom is 0.137 e. The fraction of sp³-hybridized carbons (Fsp3) is 0. The molecule has 0 aliphatic carbocycles. The molecule has 0 saturated carbocycles. The third kappa shape index (κ3) is 3.93. The van der Waals surface area contributed by atoms with Gasteiger partial charge in [-0.3, -0.25) is 0 Å². The lowest BCUT2D eigenvalue weighted by molar-refractivity contribution is 0.669. The second kappa shape index (κ2) is 9.42. The Balaban J connectivity index is 1.46.